The van der Waals surface area contributed by atoms with Crippen molar-refractivity contribution in [1.82, 2.24) is 0 Å². The first kappa shape index (κ1) is 15.2. The predicted octanol–water partition coefficient (Wildman–Crippen LogP) is 3.73. The molecule has 1 rings (SSSR count). The lowest BCUT2D eigenvalue weighted by Gasteiger charge is -2.29. The Balaban J connectivity index is 3.20. The van der Waals surface area contributed by atoms with Gasteiger partial charge in [0, 0.05) is 11.6 Å². The average Bonchev–Trinajstić information content (AvgIpc) is 2.40. The summed E-state index contributed by atoms with van der Waals surface area (Å²) in [7, 11) is 1.32. The second kappa shape index (κ2) is 5.86. The van der Waals surface area contributed by atoms with Crippen molar-refractivity contribution in [1.29, 1.82) is 0 Å². The number of nitrogens with zero attached hydrogens (tertiary/aromatic N) is 1. The van der Waals surface area contributed by atoms with Crippen LogP contribution in [0.2, 0.25) is 0 Å². The third kappa shape index (κ3) is 3.33. The van der Waals surface area contributed by atoms with E-state index >= 15 is 0 Å². The van der Waals surface area contributed by atoms with Gasteiger partial charge in [-0.25, -0.2) is 4.39 Å². The molecule has 0 unspecified atom stereocenters. The van der Waals surface area contributed by atoms with Gasteiger partial charge in [-0.05, 0) is 19.8 Å². The van der Waals surface area contributed by atoms with Crippen molar-refractivity contribution in [2.45, 2.75) is 39.2 Å². The van der Waals surface area contributed by atoms with Crippen LogP contribution in [0, 0.1) is 15.9 Å². The van der Waals surface area contributed by atoms with Gasteiger partial charge in [0.25, 0.3) is 0 Å². The largest absolute Gasteiger partial charge is 0.490 e. The Hall–Kier alpha value is -1.85. The first-order valence-corrected chi connectivity index (χ1v) is 6.17. The van der Waals surface area contributed by atoms with Gasteiger partial charge >= 0.3 is 5.69 Å². The van der Waals surface area contributed by atoms with Gasteiger partial charge < -0.3 is 10.1 Å². The molecule has 6 heteroatoms. The van der Waals surface area contributed by atoms with Crippen LogP contribution in [-0.2, 0) is 0 Å². The maximum Gasteiger partial charge on any atom is 0.313 e. The molecule has 1 aromatic rings. The third-order valence-corrected chi connectivity index (χ3v) is 3.46. The summed E-state index contributed by atoms with van der Waals surface area (Å²) in [5, 5.41) is 13.9. The average molecular weight is 270 g/mol. The molecular weight excluding hydrogens is 251 g/mol. The van der Waals surface area contributed by atoms with E-state index in [0.717, 1.165) is 18.9 Å². The Morgan fingerprint density at radius 3 is 2.42 bits per heavy atom. The molecule has 0 aliphatic heterocycles. The zero-order valence-electron chi connectivity index (χ0n) is 11.6. The van der Waals surface area contributed by atoms with Crippen molar-refractivity contribution in [3.05, 3.63) is 28.1 Å². The quantitative estimate of drug-likeness (QED) is 0.631. The van der Waals surface area contributed by atoms with Gasteiger partial charge in [0.05, 0.1) is 23.8 Å². The van der Waals surface area contributed by atoms with Gasteiger partial charge in [-0.15, -0.1) is 0 Å². The van der Waals surface area contributed by atoms with Crippen molar-refractivity contribution < 1.29 is 14.1 Å². The van der Waals surface area contributed by atoms with Crippen LogP contribution in [0.1, 0.15) is 33.6 Å². The Morgan fingerprint density at radius 1 is 1.42 bits per heavy atom. The fraction of sp³-hybridized carbons (Fsp3) is 0.538. The van der Waals surface area contributed by atoms with Crippen LogP contribution < -0.4 is 10.1 Å². The van der Waals surface area contributed by atoms with Gasteiger partial charge in [0.1, 0.15) is 0 Å². The summed E-state index contributed by atoms with van der Waals surface area (Å²) in [5.41, 5.74) is -0.420. The molecule has 0 saturated heterocycles. The number of benzene rings is 1. The van der Waals surface area contributed by atoms with E-state index in [1.54, 1.807) is 0 Å². The van der Waals surface area contributed by atoms with E-state index in [0.29, 0.717) is 0 Å². The number of halogens is 1. The first-order chi connectivity index (χ1) is 8.86. The minimum absolute atomic E-state index is 0.0449. The predicted molar refractivity (Wildman–Crippen MR) is 72.2 cm³/mol. The summed E-state index contributed by atoms with van der Waals surface area (Å²) < 4.78 is 18.8. The van der Waals surface area contributed by atoms with E-state index < -0.39 is 10.7 Å². The summed E-state index contributed by atoms with van der Waals surface area (Å²) in [6.45, 7) is 5.97. The van der Waals surface area contributed by atoms with Crippen molar-refractivity contribution >= 4 is 11.4 Å². The van der Waals surface area contributed by atoms with E-state index in [1.807, 2.05) is 20.8 Å². The lowest BCUT2D eigenvalue weighted by molar-refractivity contribution is -0.385. The van der Waals surface area contributed by atoms with Crippen LogP contribution >= 0.6 is 0 Å². The van der Waals surface area contributed by atoms with Crippen LogP contribution in [0.5, 0.6) is 5.75 Å². The number of anilines is 1. The Morgan fingerprint density at radius 2 is 2.00 bits per heavy atom. The molecule has 0 aliphatic rings. The summed E-state index contributed by atoms with van der Waals surface area (Å²) in [6, 6.07) is 2.21. The zero-order valence-corrected chi connectivity index (χ0v) is 11.6. The lowest BCUT2D eigenvalue weighted by Crippen LogP contribution is -2.33. The molecule has 0 bridgehead atoms. The highest BCUT2D eigenvalue weighted by atomic mass is 19.1. The van der Waals surface area contributed by atoms with Gasteiger partial charge in [-0.2, -0.15) is 0 Å². The van der Waals surface area contributed by atoms with Crippen molar-refractivity contribution in [3.8, 4) is 5.75 Å². The fourth-order valence-corrected chi connectivity index (χ4v) is 1.70. The van der Waals surface area contributed by atoms with Crippen LogP contribution in [-0.4, -0.2) is 17.6 Å². The highest BCUT2D eigenvalue weighted by Gasteiger charge is 2.24. The lowest BCUT2D eigenvalue weighted by atomic mass is 9.95. The standard InChI is InChI=1S/C13H19FN2O3/c1-5-13(3,6-2)15-10-8-12(19-4)11(16(17)18)7-9(10)14/h7-8,15H,5-6H2,1-4H3. The van der Waals surface area contributed by atoms with E-state index in [-0.39, 0.29) is 22.7 Å². The number of methoxy groups -OCH3 is 1. The molecule has 0 saturated carbocycles. The normalized spacial score (nSPS) is 11.2. The Bertz CT molecular complexity index is 473. The monoisotopic (exact) mass is 270 g/mol. The molecule has 0 aromatic heterocycles. The number of hydrogen-bond donors (Lipinski definition) is 1. The summed E-state index contributed by atoms with van der Waals surface area (Å²) in [5.74, 6) is -0.607. The van der Waals surface area contributed by atoms with Gasteiger partial charge in [0.2, 0.25) is 0 Å². The van der Waals surface area contributed by atoms with Gasteiger partial charge in [-0.1, -0.05) is 13.8 Å². The topological polar surface area (TPSA) is 64.4 Å². The Labute approximate surface area is 111 Å². The molecule has 1 N–H and O–H groups in total. The smallest absolute Gasteiger partial charge is 0.313 e. The number of nitro groups is 1. The minimum atomic E-state index is -0.662. The third-order valence-electron chi connectivity index (χ3n) is 3.46. The second-order valence-corrected chi connectivity index (χ2v) is 4.65. The summed E-state index contributed by atoms with van der Waals surface area (Å²) in [4.78, 5) is 10.1. The number of nitrogens with one attached hydrogen (secondary N) is 1. The van der Waals surface area contributed by atoms with Crippen LogP contribution in [0.15, 0.2) is 12.1 Å². The molecule has 5 nitrogen and oxygen atoms in total. The number of hydrogen-bond acceptors (Lipinski definition) is 4. The first-order valence-electron chi connectivity index (χ1n) is 6.17. The van der Waals surface area contributed by atoms with E-state index in [1.165, 1.54) is 13.2 Å². The second-order valence-electron chi connectivity index (χ2n) is 4.65. The molecule has 0 radical (unpaired) electrons. The molecule has 19 heavy (non-hydrogen) atoms. The SMILES string of the molecule is CCC(C)(CC)Nc1cc(OC)c([N+](=O)[O-])cc1F. The maximum absolute atomic E-state index is 13.9. The van der Waals surface area contributed by atoms with E-state index in [2.05, 4.69) is 5.32 Å². The molecule has 0 aliphatic carbocycles. The summed E-state index contributed by atoms with van der Waals surface area (Å²) >= 11 is 0. The van der Waals surface area contributed by atoms with Crippen LogP contribution in [0.25, 0.3) is 0 Å². The fourth-order valence-electron chi connectivity index (χ4n) is 1.70. The summed E-state index contributed by atoms with van der Waals surface area (Å²) in [6.07, 6.45) is 1.62. The highest BCUT2D eigenvalue weighted by molar-refractivity contribution is 5.59. The highest BCUT2D eigenvalue weighted by Crippen LogP contribution is 2.34. The van der Waals surface area contributed by atoms with Crippen molar-refractivity contribution in [2.75, 3.05) is 12.4 Å². The van der Waals surface area contributed by atoms with Gasteiger partial charge in [-0.3, -0.25) is 10.1 Å². The molecule has 0 spiro atoms. The number of nitro benzene ring substituents is 1. The van der Waals surface area contributed by atoms with Gasteiger partial charge in [0.15, 0.2) is 11.6 Å². The molecule has 0 heterocycles. The number of rotatable bonds is 6. The molecule has 0 amide bonds. The van der Waals surface area contributed by atoms with Crippen LogP contribution in [0.3, 0.4) is 0 Å². The minimum Gasteiger partial charge on any atom is -0.490 e. The van der Waals surface area contributed by atoms with E-state index in [9.17, 15) is 14.5 Å². The molecule has 106 valence electrons. The van der Waals surface area contributed by atoms with Crippen LogP contribution in [0.4, 0.5) is 15.8 Å². The molecule has 0 atom stereocenters. The Kier molecular flexibility index (Phi) is 4.69. The molecule has 0 fully saturated rings. The molecular formula is C13H19FN2O3. The number of ether oxygens (including phenoxy) is 1. The van der Waals surface area contributed by atoms with Crippen molar-refractivity contribution in [2.24, 2.45) is 0 Å². The zero-order chi connectivity index (χ0) is 14.6. The van der Waals surface area contributed by atoms with Crippen molar-refractivity contribution in [3.63, 3.8) is 0 Å². The maximum atomic E-state index is 13.9. The van der Waals surface area contributed by atoms with E-state index in [4.69, 9.17) is 4.74 Å². The molecule has 1 aromatic carbocycles.